The Kier molecular flexibility index (Phi) is 5.80. The van der Waals surface area contributed by atoms with E-state index >= 15 is 0 Å². The van der Waals surface area contributed by atoms with Crippen molar-refractivity contribution in [3.63, 3.8) is 0 Å². The summed E-state index contributed by atoms with van der Waals surface area (Å²) in [6.45, 7) is 0.663. The van der Waals surface area contributed by atoms with Crippen LogP contribution in [0.2, 0.25) is 0 Å². The van der Waals surface area contributed by atoms with Crippen LogP contribution in [0.5, 0.6) is 0 Å². The van der Waals surface area contributed by atoms with Gasteiger partial charge in [0.25, 0.3) is 0 Å². The second kappa shape index (κ2) is 8.47. The number of nitriles is 1. The second-order valence-electron chi connectivity index (χ2n) is 7.15. The zero-order chi connectivity index (χ0) is 24.7. The lowest BCUT2D eigenvalue weighted by molar-refractivity contribution is -0.147. The van der Waals surface area contributed by atoms with Crippen molar-refractivity contribution < 1.29 is 26.0 Å². The first-order chi connectivity index (χ1) is 16.0. The second-order valence-corrected chi connectivity index (χ2v) is 8.86. The van der Waals surface area contributed by atoms with Crippen molar-refractivity contribution in [3.05, 3.63) is 66.4 Å². The number of rotatable bonds is 5. The molecule has 0 radical (unpaired) electrons. The molecule has 1 N–H and O–H groups in total. The summed E-state index contributed by atoms with van der Waals surface area (Å²) in [6, 6.07) is 8.48. The van der Waals surface area contributed by atoms with Gasteiger partial charge in [-0.05, 0) is 37.3 Å². The van der Waals surface area contributed by atoms with E-state index in [1.807, 2.05) is 6.07 Å². The number of pyridine rings is 1. The van der Waals surface area contributed by atoms with Gasteiger partial charge in [0.05, 0.1) is 23.5 Å². The maximum atomic E-state index is 14.0. The average molecular weight is 490 g/mol. The van der Waals surface area contributed by atoms with Crippen molar-refractivity contribution in [2.24, 2.45) is 0 Å². The first-order valence-corrected chi connectivity index (χ1v) is 11.1. The molecule has 4 aromatic rings. The fraction of sp³-hybridized carbons (Fsp3) is 0.143. The fourth-order valence-corrected chi connectivity index (χ4v) is 4.38. The molecule has 3 heterocycles. The molecule has 4 rings (SSSR count). The molecular formula is C21H14F4N6O2S. The van der Waals surface area contributed by atoms with Gasteiger partial charge in [-0.1, -0.05) is 6.07 Å². The van der Waals surface area contributed by atoms with Crippen molar-refractivity contribution in [2.45, 2.75) is 24.0 Å². The maximum absolute atomic E-state index is 14.0. The van der Waals surface area contributed by atoms with E-state index in [1.165, 1.54) is 27.6 Å². The van der Waals surface area contributed by atoms with Gasteiger partial charge in [-0.15, -0.1) is 0 Å². The first-order valence-electron chi connectivity index (χ1n) is 9.60. The van der Waals surface area contributed by atoms with Gasteiger partial charge in [0.2, 0.25) is 10.0 Å². The molecule has 13 heteroatoms. The van der Waals surface area contributed by atoms with Crippen LogP contribution in [-0.4, -0.2) is 40.2 Å². The number of halogens is 4. The van der Waals surface area contributed by atoms with Crippen LogP contribution in [0, 0.1) is 17.1 Å². The average Bonchev–Trinajstić information content (AvgIpc) is 3.12. The maximum Gasteiger partial charge on any atom is 0.404 e. The molecule has 0 aliphatic rings. The highest BCUT2D eigenvalue weighted by Crippen LogP contribution is 2.34. The highest BCUT2D eigenvalue weighted by molar-refractivity contribution is 7.89. The van der Waals surface area contributed by atoms with Crippen molar-refractivity contribution in [1.29, 1.82) is 5.26 Å². The molecule has 8 nitrogen and oxygen atoms in total. The zero-order valence-electron chi connectivity index (χ0n) is 17.2. The standard InChI is InChI=1S/C21H14F4N6O2S/c1-12(21(23,24)25)30-34(32,33)14-10-28-20(29-11-14)19-16(9-26)15-8-13(22)5-6-17(15)31(19)18-4-2-3-7-27-18/h2-8,10-12,30H,1H3. The van der Waals surface area contributed by atoms with Crippen molar-refractivity contribution in [3.8, 4) is 23.4 Å². The number of sulfonamides is 1. The Morgan fingerprint density at radius 2 is 1.82 bits per heavy atom. The third-order valence-electron chi connectivity index (χ3n) is 4.89. The van der Waals surface area contributed by atoms with Crippen LogP contribution in [0.1, 0.15) is 12.5 Å². The number of nitrogens with zero attached hydrogens (tertiary/aromatic N) is 5. The lowest BCUT2D eigenvalue weighted by Gasteiger charge is -2.17. The van der Waals surface area contributed by atoms with Crippen LogP contribution in [0.4, 0.5) is 17.6 Å². The Morgan fingerprint density at radius 1 is 1.12 bits per heavy atom. The molecule has 3 aromatic heterocycles. The van der Waals surface area contributed by atoms with Gasteiger partial charge in [-0.3, -0.25) is 4.57 Å². The number of benzene rings is 1. The third kappa shape index (κ3) is 4.20. The number of alkyl halides is 3. The van der Waals surface area contributed by atoms with E-state index in [9.17, 15) is 31.2 Å². The van der Waals surface area contributed by atoms with Crippen LogP contribution in [-0.2, 0) is 10.0 Å². The summed E-state index contributed by atoms with van der Waals surface area (Å²) in [5.41, 5.74) is 0.551. The van der Waals surface area contributed by atoms with E-state index in [0.29, 0.717) is 18.3 Å². The van der Waals surface area contributed by atoms with Gasteiger partial charge in [-0.2, -0.15) is 23.2 Å². The molecule has 0 spiro atoms. The Balaban J connectivity index is 1.87. The minimum absolute atomic E-state index is 0.0135. The van der Waals surface area contributed by atoms with Crippen molar-refractivity contribution >= 4 is 20.9 Å². The van der Waals surface area contributed by atoms with Crippen LogP contribution in [0.15, 0.2) is 59.9 Å². The Morgan fingerprint density at radius 3 is 2.41 bits per heavy atom. The van der Waals surface area contributed by atoms with E-state index in [0.717, 1.165) is 18.5 Å². The van der Waals surface area contributed by atoms with Crippen LogP contribution in [0.3, 0.4) is 0 Å². The monoisotopic (exact) mass is 490 g/mol. The van der Waals surface area contributed by atoms with E-state index in [-0.39, 0.29) is 22.5 Å². The summed E-state index contributed by atoms with van der Waals surface area (Å²) in [7, 11) is -4.58. The largest absolute Gasteiger partial charge is 0.404 e. The molecule has 174 valence electrons. The summed E-state index contributed by atoms with van der Waals surface area (Å²) in [4.78, 5) is 11.6. The molecule has 1 unspecified atom stereocenters. The zero-order valence-corrected chi connectivity index (χ0v) is 18.1. The minimum atomic E-state index is -4.78. The molecule has 0 saturated heterocycles. The number of fused-ring (bicyclic) bond motifs is 1. The van der Waals surface area contributed by atoms with Crippen LogP contribution >= 0.6 is 0 Å². The smallest absolute Gasteiger partial charge is 0.289 e. The summed E-state index contributed by atoms with van der Waals surface area (Å²) in [5.74, 6) is -0.334. The van der Waals surface area contributed by atoms with Gasteiger partial charge in [-0.25, -0.2) is 27.8 Å². The van der Waals surface area contributed by atoms with E-state index in [2.05, 4.69) is 15.0 Å². The predicted molar refractivity (Wildman–Crippen MR) is 113 cm³/mol. The number of hydrogen-bond acceptors (Lipinski definition) is 6. The van der Waals surface area contributed by atoms with Gasteiger partial charge in [0.15, 0.2) is 5.82 Å². The Labute approximate surface area is 190 Å². The molecule has 0 aliphatic carbocycles. The summed E-state index contributed by atoms with van der Waals surface area (Å²) in [5, 5.41) is 10.1. The minimum Gasteiger partial charge on any atom is -0.289 e. The molecule has 0 saturated carbocycles. The summed E-state index contributed by atoms with van der Waals surface area (Å²) in [6.07, 6.45) is -1.62. The van der Waals surface area contributed by atoms with E-state index < -0.39 is 33.0 Å². The topological polar surface area (TPSA) is 114 Å². The molecule has 34 heavy (non-hydrogen) atoms. The predicted octanol–water partition coefficient (Wildman–Crippen LogP) is 3.72. The van der Waals surface area contributed by atoms with Gasteiger partial charge in [0.1, 0.15) is 34.3 Å². The van der Waals surface area contributed by atoms with Gasteiger partial charge in [0, 0.05) is 11.6 Å². The summed E-state index contributed by atoms with van der Waals surface area (Å²) >= 11 is 0. The normalized spacial score (nSPS) is 13.1. The lowest BCUT2D eigenvalue weighted by atomic mass is 10.1. The lowest BCUT2D eigenvalue weighted by Crippen LogP contribution is -2.43. The number of hydrogen-bond donors (Lipinski definition) is 1. The fourth-order valence-electron chi connectivity index (χ4n) is 3.26. The number of aromatic nitrogens is 4. The quantitative estimate of drug-likeness (QED) is 0.427. The third-order valence-corrected chi connectivity index (χ3v) is 6.39. The van der Waals surface area contributed by atoms with Crippen LogP contribution in [0.25, 0.3) is 28.2 Å². The van der Waals surface area contributed by atoms with E-state index in [1.54, 1.807) is 18.2 Å². The van der Waals surface area contributed by atoms with Crippen molar-refractivity contribution in [2.75, 3.05) is 0 Å². The molecule has 0 amide bonds. The number of nitrogens with one attached hydrogen (secondary N) is 1. The molecule has 0 aliphatic heterocycles. The van der Waals surface area contributed by atoms with E-state index in [4.69, 9.17) is 0 Å². The highest BCUT2D eigenvalue weighted by atomic mass is 32.2. The molecule has 1 atom stereocenters. The first kappa shape index (κ1) is 23.3. The van der Waals surface area contributed by atoms with Crippen molar-refractivity contribution in [1.82, 2.24) is 24.2 Å². The highest BCUT2D eigenvalue weighted by Gasteiger charge is 2.39. The van der Waals surface area contributed by atoms with Crippen LogP contribution < -0.4 is 4.72 Å². The molecular weight excluding hydrogens is 476 g/mol. The Bertz CT molecular complexity index is 1510. The SMILES string of the molecule is CC(NS(=O)(=O)c1cnc(-c2c(C#N)c3cc(F)ccc3n2-c2ccccn2)nc1)C(F)(F)F. The molecule has 1 aromatic carbocycles. The molecule has 0 bridgehead atoms. The van der Waals surface area contributed by atoms with Gasteiger partial charge >= 0.3 is 6.18 Å². The molecule has 0 fully saturated rings. The van der Waals surface area contributed by atoms with Gasteiger partial charge < -0.3 is 0 Å². The summed E-state index contributed by atoms with van der Waals surface area (Å²) < 4.78 is 80.0. The Hall–Kier alpha value is -3.89.